The van der Waals surface area contributed by atoms with Gasteiger partial charge >= 0.3 is 0 Å². The molecule has 0 aliphatic heterocycles. The number of rotatable bonds is 6. The first kappa shape index (κ1) is 14.4. The van der Waals surface area contributed by atoms with Crippen LogP contribution >= 0.6 is 11.8 Å². The van der Waals surface area contributed by atoms with E-state index in [1.807, 2.05) is 30.5 Å². The molecule has 0 radical (unpaired) electrons. The summed E-state index contributed by atoms with van der Waals surface area (Å²) in [5.41, 5.74) is 2.02. The molecule has 1 aromatic heterocycles. The number of hydrogen-bond acceptors (Lipinski definition) is 7. The number of methoxy groups -OCH3 is 1. The molecular formula is C13H14N4O2S. The van der Waals surface area contributed by atoms with Crippen LogP contribution in [-0.4, -0.2) is 23.3 Å². The number of nitrogens with one attached hydrogen (secondary N) is 1. The van der Waals surface area contributed by atoms with Crippen molar-refractivity contribution in [2.45, 2.75) is 11.8 Å². The van der Waals surface area contributed by atoms with Crippen LogP contribution in [0, 0.1) is 4.91 Å². The summed E-state index contributed by atoms with van der Waals surface area (Å²) in [6.45, 7) is 0.522. The Labute approximate surface area is 121 Å². The van der Waals surface area contributed by atoms with Gasteiger partial charge in [-0.3, -0.25) is 0 Å². The lowest BCUT2D eigenvalue weighted by Crippen LogP contribution is -1.98. The molecule has 0 saturated carbocycles. The molecule has 104 valence electrons. The minimum atomic E-state index is 0.181. The van der Waals surface area contributed by atoms with Gasteiger partial charge in [-0.1, -0.05) is 23.9 Å². The highest BCUT2D eigenvalue weighted by Crippen LogP contribution is 2.27. The Morgan fingerprint density at radius 1 is 1.45 bits per heavy atom. The zero-order valence-electron chi connectivity index (χ0n) is 11.2. The van der Waals surface area contributed by atoms with Crippen molar-refractivity contribution in [1.29, 1.82) is 0 Å². The van der Waals surface area contributed by atoms with E-state index in [0.29, 0.717) is 17.6 Å². The molecule has 1 heterocycles. The molecule has 2 aromatic rings. The first-order valence-electron chi connectivity index (χ1n) is 5.86. The van der Waals surface area contributed by atoms with Gasteiger partial charge in [0, 0.05) is 12.8 Å². The van der Waals surface area contributed by atoms with Crippen molar-refractivity contribution < 1.29 is 4.74 Å². The van der Waals surface area contributed by atoms with Gasteiger partial charge in [-0.05, 0) is 29.1 Å². The number of nitroso groups, excluding NO2 is 1. The third-order valence-corrected chi connectivity index (χ3v) is 3.09. The SMILES string of the molecule is COCc1cccc(Nc2nc(SC)ncc2N=O)c1. The maximum absolute atomic E-state index is 10.8. The lowest BCUT2D eigenvalue weighted by atomic mass is 10.2. The molecule has 0 aliphatic rings. The number of benzene rings is 1. The molecule has 20 heavy (non-hydrogen) atoms. The summed E-state index contributed by atoms with van der Waals surface area (Å²) in [6, 6.07) is 7.68. The largest absolute Gasteiger partial charge is 0.380 e. The fourth-order valence-corrected chi connectivity index (χ4v) is 2.00. The van der Waals surface area contributed by atoms with Gasteiger partial charge in [0.15, 0.2) is 16.7 Å². The average Bonchev–Trinajstić information content (AvgIpc) is 2.48. The lowest BCUT2D eigenvalue weighted by Gasteiger charge is -2.09. The number of nitrogens with zero attached hydrogens (tertiary/aromatic N) is 3. The Morgan fingerprint density at radius 3 is 3.00 bits per heavy atom. The van der Waals surface area contributed by atoms with E-state index in [4.69, 9.17) is 4.74 Å². The second kappa shape index (κ2) is 6.97. The summed E-state index contributed by atoms with van der Waals surface area (Å²) in [5.74, 6) is 0.397. The molecule has 7 heteroatoms. The molecule has 0 spiro atoms. The number of hydrogen-bond donors (Lipinski definition) is 1. The van der Waals surface area contributed by atoms with E-state index in [0.717, 1.165) is 11.3 Å². The van der Waals surface area contributed by atoms with Crippen LogP contribution in [0.2, 0.25) is 0 Å². The minimum Gasteiger partial charge on any atom is -0.380 e. The summed E-state index contributed by atoms with van der Waals surface area (Å²) in [6.07, 6.45) is 3.28. The standard InChI is InChI=1S/C13H14N4O2S/c1-19-8-9-4-3-5-10(6-9)15-12-11(17-18)7-14-13(16-12)20-2/h3-7H,8H2,1-2H3,(H,14,15,16). The Balaban J connectivity index is 2.28. The summed E-state index contributed by atoms with van der Waals surface area (Å²) in [5, 5.41) is 6.59. The molecule has 6 nitrogen and oxygen atoms in total. The van der Waals surface area contributed by atoms with Gasteiger partial charge in [0.05, 0.1) is 12.8 Å². The molecule has 1 aromatic carbocycles. The highest BCUT2D eigenvalue weighted by molar-refractivity contribution is 7.98. The van der Waals surface area contributed by atoms with Gasteiger partial charge < -0.3 is 10.1 Å². The second-order valence-corrected chi connectivity index (χ2v) is 4.71. The maximum Gasteiger partial charge on any atom is 0.189 e. The zero-order chi connectivity index (χ0) is 14.4. The number of anilines is 2. The van der Waals surface area contributed by atoms with Crippen LogP contribution in [0.4, 0.5) is 17.2 Å². The van der Waals surface area contributed by atoms with E-state index in [-0.39, 0.29) is 5.69 Å². The smallest absolute Gasteiger partial charge is 0.189 e. The van der Waals surface area contributed by atoms with Crippen molar-refractivity contribution in [1.82, 2.24) is 9.97 Å². The molecule has 2 rings (SSSR count). The first-order chi connectivity index (χ1) is 9.76. The summed E-state index contributed by atoms with van der Waals surface area (Å²) < 4.78 is 5.09. The van der Waals surface area contributed by atoms with Crippen molar-refractivity contribution in [2.75, 3.05) is 18.7 Å². The Hall–Kier alpha value is -1.99. The van der Waals surface area contributed by atoms with E-state index in [1.54, 1.807) is 7.11 Å². The molecule has 0 atom stereocenters. The van der Waals surface area contributed by atoms with Gasteiger partial charge in [0.25, 0.3) is 0 Å². The fraction of sp³-hybridized carbons (Fsp3) is 0.231. The monoisotopic (exact) mass is 290 g/mol. The van der Waals surface area contributed by atoms with E-state index < -0.39 is 0 Å². The molecule has 0 amide bonds. The topological polar surface area (TPSA) is 76.5 Å². The van der Waals surface area contributed by atoms with E-state index in [9.17, 15) is 4.91 Å². The van der Waals surface area contributed by atoms with Crippen LogP contribution in [0.5, 0.6) is 0 Å². The van der Waals surface area contributed by atoms with Crippen LogP contribution in [0.15, 0.2) is 40.8 Å². The minimum absolute atomic E-state index is 0.181. The van der Waals surface area contributed by atoms with Crippen LogP contribution in [0.3, 0.4) is 0 Å². The third-order valence-electron chi connectivity index (χ3n) is 2.53. The van der Waals surface area contributed by atoms with Crippen molar-refractivity contribution in [3.63, 3.8) is 0 Å². The Kier molecular flexibility index (Phi) is 5.03. The van der Waals surface area contributed by atoms with Crippen molar-refractivity contribution in [3.05, 3.63) is 40.9 Å². The van der Waals surface area contributed by atoms with Gasteiger partial charge in [-0.2, -0.15) is 0 Å². The first-order valence-corrected chi connectivity index (χ1v) is 7.08. The highest BCUT2D eigenvalue weighted by atomic mass is 32.2. The summed E-state index contributed by atoms with van der Waals surface area (Å²) in [7, 11) is 1.64. The molecule has 1 N–H and O–H groups in total. The molecule has 0 unspecified atom stereocenters. The van der Waals surface area contributed by atoms with Crippen LogP contribution in [-0.2, 0) is 11.3 Å². The Morgan fingerprint density at radius 2 is 2.30 bits per heavy atom. The number of ether oxygens (including phenoxy) is 1. The normalized spacial score (nSPS) is 10.3. The van der Waals surface area contributed by atoms with Crippen molar-refractivity contribution >= 4 is 29.0 Å². The summed E-state index contributed by atoms with van der Waals surface area (Å²) in [4.78, 5) is 19.1. The van der Waals surface area contributed by atoms with Gasteiger partial charge in [0.1, 0.15) is 0 Å². The Bertz CT molecular complexity index is 607. The second-order valence-electron chi connectivity index (χ2n) is 3.94. The van der Waals surface area contributed by atoms with Gasteiger partial charge in [-0.15, -0.1) is 4.91 Å². The molecule has 0 bridgehead atoms. The van der Waals surface area contributed by atoms with Gasteiger partial charge in [-0.25, -0.2) is 9.97 Å². The molecule has 0 fully saturated rings. The van der Waals surface area contributed by atoms with Crippen molar-refractivity contribution in [3.8, 4) is 0 Å². The van der Waals surface area contributed by atoms with Crippen molar-refractivity contribution in [2.24, 2.45) is 5.18 Å². The maximum atomic E-state index is 10.8. The lowest BCUT2D eigenvalue weighted by molar-refractivity contribution is 0.185. The fourth-order valence-electron chi connectivity index (χ4n) is 1.66. The number of thioether (sulfide) groups is 1. The van der Waals surface area contributed by atoms with Gasteiger partial charge in [0.2, 0.25) is 0 Å². The summed E-state index contributed by atoms with van der Waals surface area (Å²) >= 11 is 1.40. The van der Waals surface area contributed by atoms with E-state index >= 15 is 0 Å². The average molecular weight is 290 g/mol. The zero-order valence-corrected chi connectivity index (χ0v) is 12.0. The predicted octanol–water partition coefficient (Wildman–Crippen LogP) is 3.49. The number of aromatic nitrogens is 2. The molecule has 0 aliphatic carbocycles. The molecule has 0 saturated heterocycles. The highest BCUT2D eigenvalue weighted by Gasteiger charge is 2.08. The van der Waals surface area contributed by atoms with Crippen LogP contribution in [0.1, 0.15) is 5.56 Å². The van der Waals surface area contributed by atoms with Crippen LogP contribution in [0.25, 0.3) is 0 Å². The third kappa shape index (κ3) is 3.52. The quantitative estimate of drug-likeness (QED) is 0.498. The van der Waals surface area contributed by atoms with Crippen LogP contribution < -0.4 is 5.32 Å². The molecular weight excluding hydrogens is 276 g/mol. The van der Waals surface area contributed by atoms with E-state index in [1.165, 1.54) is 18.0 Å². The van der Waals surface area contributed by atoms with E-state index in [2.05, 4.69) is 20.5 Å². The predicted molar refractivity (Wildman–Crippen MR) is 79.7 cm³/mol.